The molecule has 0 aromatic carbocycles. The molecule has 0 amide bonds. The molecule has 1 atom stereocenters. The first-order chi connectivity index (χ1) is 8.93. The first-order valence-electron chi connectivity index (χ1n) is 6.95. The van der Waals surface area contributed by atoms with E-state index in [-0.39, 0.29) is 5.56 Å². The van der Waals surface area contributed by atoms with E-state index >= 15 is 0 Å². The number of anilines is 1. The molecule has 1 saturated carbocycles. The molecule has 1 aliphatic rings. The van der Waals surface area contributed by atoms with Crippen molar-refractivity contribution in [1.29, 1.82) is 0 Å². The molecule has 0 bridgehead atoms. The van der Waals surface area contributed by atoms with Gasteiger partial charge >= 0.3 is 0 Å². The zero-order chi connectivity index (χ0) is 14.0. The Morgan fingerprint density at radius 1 is 1.58 bits per heavy atom. The van der Waals surface area contributed by atoms with Crippen molar-refractivity contribution in [1.82, 2.24) is 9.78 Å². The van der Waals surface area contributed by atoms with E-state index in [4.69, 9.17) is 0 Å². The Balaban J connectivity index is 2.16. The van der Waals surface area contributed by atoms with Gasteiger partial charge in [0.05, 0.1) is 11.9 Å². The van der Waals surface area contributed by atoms with Crippen molar-refractivity contribution in [3.63, 3.8) is 0 Å². The van der Waals surface area contributed by atoms with Crippen LogP contribution in [0.15, 0.2) is 15.5 Å². The van der Waals surface area contributed by atoms with E-state index in [9.17, 15) is 4.79 Å². The van der Waals surface area contributed by atoms with Gasteiger partial charge in [0.25, 0.3) is 5.56 Å². The predicted molar refractivity (Wildman–Crippen MR) is 81.5 cm³/mol. The van der Waals surface area contributed by atoms with Crippen LogP contribution >= 0.6 is 15.9 Å². The van der Waals surface area contributed by atoms with Gasteiger partial charge in [0, 0.05) is 12.6 Å². The first kappa shape index (κ1) is 14.6. The summed E-state index contributed by atoms with van der Waals surface area (Å²) in [5, 5.41) is 7.65. The number of halogens is 1. The van der Waals surface area contributed by atoms with Gasteiger partial charge in [-0.3, -0.25) is 4.79 Å². The molecule has 1 fully saturated rings. The van der Waals surface area contributed by atoms with Crippen molar-refractivity contribution in [2.24, 2.45) is 5.41 Å². The van der Waals surface area contributed by atoms with E-state index in [1.807, 2.05) is 6.92 Å². The zero-order valence-corrected chi connectivity index (χ0v) is 13.5. The Hall–Kier alpha value is -0.840. The maximum absolute atomic E-state index is 12.0. The highest BCUT2D eigenvalue weighted by atomic mass is 79.9. The molecule has 1 aromatic heterocycles. The van der Waals surface area contributed by atoms with Gasteiger partial charge in [-0.2, -0.15) is 5.10 Å². The Morgan fingerprint density at radius 2 is 2.32 bits per heavy atom. The van der Waals surface area contributed by atoms with Crippen LogP contribution in [0.2, 0.25) is 0 Å². The van der Waals surface area contributed by atoms with Crippen molar-refractivity contribution < 1.29 is 0 Å². The molecule has 1 heterocycles. The molecule has 1 aliphatic carbocycles. The molecule has 0 aliphatic heterocycles. The fourth-order valence-electron chi connectivity index (χ4n) is 2.83. The number of hydrogen-bond donors (Lipinski definition) is 1. The molecule has 2 rings (SSSR count). The second-order valence-corrected chi connectivity index (χ2v) is 6.89. The largest absolute Gasteiger partial charge is 0.380 e. The fourth-order valence-corrected chi connectivity index (χ4v) is 3.25. The summed E-state index contributed by atoms with van der Waals surface area (Å²) in [6, 6.07) is 0.429. The second kappa shape index (κ2) is 5.65. The fraction of sp³-hybridized carbons (Fsp3) is 0.714. The highest BCUT2D eigenvalue weighted by Gasteiger charge is 2.28. The molecule has 4 nitrogen and oxygen atoms in total. The average Bonchev–Trinajstić information content (AvgIpc) is 2.34. The number of aryl methyl sites for hydroxylation is 1. The summed E-state index contributed by atoms with van der Waals surface area (Å²) in [6.45, 7) is 7.12. The smallest absolute Gasteiger partial charge is 0.283 e. The summed E-state index contributed by atoms with van der Waals surface area (Å²) >= 11 is 3.39. The quantitative estimate of drug-likeness (QED) is 0.925. The van der Waals surface area contributed by atoms with Crippen molar-refractivity contribution in [2.75, 3.05) is 5.32 Å². The van der Waals surface area contributed by atoms with E-state index in [1.165, 1.54) is 17.5 Å². The van der Waals surface area contributed by atoms with Gasteiger partial charge < -0.3 is 5.32 Å². The Morgan fingerprint density at radius 3 is 2.95 bits per heavy atom. The van der Waals surface area contributed by atoms with E-state index < -0.39 is 0 Å². The van der Waals surface area contributed by atoms with Gasteiger partial charge in [0.15, 0.2) is 0 Å². The number of rotatable bonds is 3. The average molecular weight is 328 g/mol. The Labute approximate surface area is 122 Å². The topological polar surface area (TPSA) is 46.9 Å². The maximum atomic E-state index is 12.0. The molecule has 19 heavy (non-hydrogen) atoms. The number of hydrogen-bond acceptors (Lipinski definition) is 3. The van der Waals surface area contributed by atoms with Crippen LogP contribution in [-0.2, 0) is 6.54 Å². The standard InChI is InChI=1S/C14H22BrN3O/c1-4-18-13(19)12(15)11(9-16-18)17-10-6-5-7-14(2,3)8-10/h9-10,17H,4-8H2,1-3H3. The van der Waals surface area contributed by atoms with Gasteiger partial charge in [-0.1, -0.05) is 20.3 Å². The van der Waals surface area contributed by atoms with Gasteiger partial charge in [0.2, 0.25) is 0 Å². The summed E-state index contributed by atoms with van der Waals surface area (Å²) in [5.41, 5.74) is 1.13. The molecule has 1 aromatic rings. The third-order valence-electron chi connectivity index (χ3n) is 3.85. The lowest BCUT2D eigenvalue weighted by Crippen LogP contribution is -2.33. The third-order valence-corrected chi connectivity index (χ3v) is 4.62. The SMILES string of the molecule is CCn1ncc(NC2CCCC(C)(C)C2)c(Br)c1=O. The zero-order valence-electron chi connectivity index (χ0n) is 11.9. The molecule has 106 valence electrons. The van der Waals surface area contributed by atoms with Crippen LogP contribution in [0.4, 0.5) is 5.69 Å². The highest BCUT2D eigenvalue weighted by Crippen LogP contribution is 2.36. The van der Waals surface area contributed by atoms with Crippen molar-refractivity contribution >= 4 is 21.6 Å². The molecular formula is C14H22BrN3O. The summed E-state index contributed by atoms with van der Waals surface area (Å²) in [5.74, 6) is 0. The van der Waals surface area contributed by atoms with Crippen molar-refractivity contribution in [3.8, 4) is 0 Å². The lowest BCUT2D eigenvalue weighted by atomic mass is 9.75. The molecular weight excluding hydrogens is 306 g/mol. The Kier molecular flexibility index (Phi) is 4.33. The Bertz CT molecular complexity index is 510. The van der Waals surface area contributed by atoms with E-state index in [0.717, 1.165) is 18.5 Å². The summed E-state index contributed by atoms with van der Waals surface area (Å²) < 4.78 is 2.05. The normalized spacial score (nSPS) is 22.2. The molecule has 0 spiro atoms. The first-order valence-corrected chi connectivity index (χ1v) is 7.74. The summed E-state index contributed by atoms with van der Waals surface area (Å²) in [7, 11) is 0. The van der Waals surface area contributed by atoms with E-state index in [2.05, 4.69) is 40.2 Å². The predicted octanol–water partition coefficient (Wildman–Crippen LogP) is 3.41. The number of nitrogens with zero attached hydrogens (tertiary/aromatic N) is 2. The summed E-state index contributed by atoms with van der Waals surface area (Å²) in [4.78, 5) is 12.0. The maximum Gasteiger partial charge on any atom is 0.283 e. The highest BCUT2D eigenvalue weighted by molar-refractivity contribution is 9.10. The van der Waals surface area contributed by atoms with Crippen LogP contribution in [0.1, 0.15) is 46.5 Å². The molecule has 0 saturated heterocycles. The van der Waals surface area contributed by atoms with Crippen LogP contribution in [0.5, 0.6) is 0 Å². The van der Waals surface area contributed by atoms with Crippen LogP contribution in [0, 0.1) is 5.41 Å². The molecule has 1 unspecified atom stereocenters. The van der Waals surface area contributed by atoms with Gasteiger partial charge in [-0.05, 0) is 47.5 Å². The van der Waals surface area contributed by atoms with Crippen molar-refractivity contribution in [2.45, 2.75) is 59.0 Å². The minimum Gasteiger partial charge on any atom is -0.380 e. The minimum atomic E-state index is -0.0671. The monoisotopic (exact) mass is 327 g/mol. The van der Waals surface area contributed by atoms with Gasteiger partial charge in [-0.25, -0.2) is 4.68 Å². The minimum absolute atomic E-state index is 0.0671. The molecule has 0 radical (unpaired) electrons. The van der Waals surface area contributed by atoms with Crippen LogP contribution in [-0.4, -0.2) is 15.8 Å². The van der Waals surface area contributed by atoms with Crippen LogP contribution in [0.3, 0.4) is 0 Å². The van der Waals surface area contributed by atoms with E-state index in [1.54, 1.807) is 6.20 Å². The number of nitrogens with one attached hydrogen (secondary N) is 1. The third kappa shape index (κ3) is 3.38. The second-order valence-electron chi connectivity index (χ2n) is 6.09. The van der Waals surface area contributed by atoms with E-state index in [0.29, 0.717) is 22.5 Å². The lowest BCUT2D eigenvalue weighted by molar-refractivity contribution is 0.229. The van der Waals surface area contributed by atoms with Crippen LogP contribution in [0.25, 0.3) is 0 Å². The van der Waals surface area contributed by atoms with Gasteiger partial charge in [0.1, 0.15) is 4.47 Å². The van der Waals surface area contributed by atoms with Crippen molar-refractivity contribution in [3.05, 3.63) is 21.0 Å². The molecule has 1 N–H and O–H groups in total. The number of aromatic nitrogens is 2. The molecule has 5 heteroatoms. The van der Waals surface area contributed by atoms with Gasteiger partial charge in [-0.15, -0.1) is 0 Å². The summed E-state index contributed by atoms with van der Waals surface area (Å²) in [6.07, 6.45) is 6.56. The van der Waals surface area contributed by atoms with Crippen LogP contribution < -0.4 is 10.9 Å². The lowest BCUT2D eigenvalue weighted by Gasteiger charge is -2.36.